The van der Waals surface area contributed by atoms with Crippen LogP contribution in [0.3, 0.4) is 0 Å². The van der Waals surface area contributed by atoms with E-state index in [-0.39, 0.29) is 18.2 Å². The van der Waals surface area contributed by atoms with E-state index in [9.17, 15) is 28.3 Å². The van der Waals surface area contributed by atoms with E-state index in [4.69, 9.17) is 0 Å². The first-order chi connectivity index (χ1) is 20.4. The molecule has 1 aliphatic heterocycles. The molecule has 1 saturated heterocycles. The third kappa shape index (κ3) is 5.32. The minimum absolute atomic E-state index is 0.159. The van der Waals surface area contributed by atoms with Gasteiger partial charge in [0.2, 0.25) is 5.82 Å². The number of hydrogen-bond donors (Lipinski definition) is 2. The van der Waals surface area contributed by atoms with Crippen LogP contribution in [0.1, 0.15) is 55.1 Å². The topological polar surface area (TPSA) is 153 Å². The molecule has 2 fully saturated rings. The van der Waals surface area contributed by atoms with E-state index < -0.39 is 34.7 Å². The Balaban J connectivity index is 1.13. The lowest BCUT2D eigenvalue weighted by molar-refractivity contribution is -0.145. The van der Waals surface area contributed by atoms with Gasteiger partial charge in [0.1, 0.15) is 23.3 Å². The molecule has 4 aromatic heterocycles. The van der Waals surface area contributed by atoms with E-state index in [0.29, 0.717) is 39.0 Å². The lowest BCUT2D eigenvalue weighted by atomic mass is 9.70. The summed E-state index contributed by atoms with van der Waals surface area (Å²) in [6.45, 7) is 4.24. The van der Waals surface area contributed by atoms with Crippen molar-refractivity contribution in [3.05, 3.63) is 54.3 Å². The number of aliphatic hydroxyl groups is 1. The van der Waals surface area contributed by atoms with Gasteiger partial charge in [0, 0.05) is 55.6 Å². The molecule has 12 nitrogen and oxygen atoms in total. The molecular formula is C28H29F3N10O2. The van der Waals surface area contributed by atoms with Gasteiger partial charge in [0.25, 0.3) is 5.91 Å². The number of hydrogen-bond acceptors (Lipinski definition) is 9. The number of piperazine rings is 1. The highest BCUT2D eigenvalue weighted by Crippen LogP contribution is 2.45. The van der Waals surface area contributed by atoms with Crippen molar-refractivity contribution >= 4 is 16.9 Å². The monoisotopic (exact) mass is 594 g/mol. The van der Waals surface area contributed by atoms with Crippen LogP contribution in [0, 0.1) is 11.3 Å². The van der Waals surface area contributed by atoms with Gasteiger partial charge in [0.15, 0.2) is 0 Å². The summed E-state index contributed by atoms with van der Waals surface area (Å²) in [7, 11) is 0. The molecule has 0 bridgehead atoms. The molecule has 0 radical (unpaired) electrons. The van der Waals surface area contributed by atoms with Crippen molar-refractivity contribution in [2.75, 3.05) is 26.2 Å². The molecule has 1 amide bonds. The highest BCUT2D eigenvalue weighted by Gasteiger charge is 2.49. The maximum atomic E-state index is 13.4. The number of aromatic nitrogens is 7. The third-order valence-electron chi connectivity index (χ3n) is 8.28. The van der Waals surface area contributed by atoms with Gasteiger partial charge in [0.05, 0.1) is 35.6 Å². The Labute approximate surface area is 244 Å². The summed E-state index contributed by atoms with van der Waals surface area (Å²) in [5.74, 6) is -2.10. The number of amides is 1. The second-order valence-corrected chi connectivity index (χ2v) is 11.6. The average molecular weight is 595 g/mol. The van der Waals surface area contributed by atoms with Crippen LogP contribution in [0.4, 0.5) is 13.2 Å². The lowest BCUT2D eigenvalue weighted by Crippen LogP contribution is -2.60. The zero-order chi connectivity index (χ0) is 30.6. The fourth-order valence-corrected chi connectivity index (χ4v) is 5.89. The summed E-state index contributed by atoms with van der Waals surface area (Å²) in [4.78, 5) is 35.6. The zero-order valence-corrected chi connectivity index (χ0v) is 23.5. The maximum Gasteiger partial charge on any atom is 0.451 e. The third-order valence-corrected chi connectivity index (χ3v) is 8.28. The van der Waals surface area contributed by atoms with Crippen LogP contribution in [-0.4, -0.2) is 87.7 Å². The molecule has 224 valence electrons. The van der Waals surface area contributed by atoms with Crippen molar-refractivity contribution in [1.82, 2.24) is 44.5 Å². The van der Waals surface area contributed by atoms with E-state index in [0.717, 1.165) is 28.4 Å². The minimum atomic E-state index is -4.87. The predicted molar refractivity (Wildman–Crippen MR) is 146 cm³/mol. The Morgan fingerprint density at radius 1 is 1.19 bits per heavy atom. The number of nitrogens with one attached hydrogen (secondary N) is 1. The predicted octanol–water partition coefficient (Wildman–Crippen LogP) is 3.09. The number of H-pyrrole nitrogens is 1. The van der Waals surface area contributed by atoms with Crippen molar-refractivity contribution < 1.29 is 23.1 Å². The van der Waals surface area contributed by atoms with Gasteiger partial charge in [-0.05, 0) is 38.8 Å². The van der Waals surface area contributed by atoms with Crippen molar-refractivity contribution in [3.8, 4) is 17.3 Å². The van der Waals surface area contributed by atoms with Crippen molar-refractivity contribution in [2.45, 2.75) is 56.5 Å². The molecular weight excluding hydrogens is 565 g/mol. The number of aromatic amines is 1. The van der Waals surface area contributed by atoms with Crippen LogP contribution < -0.4 is 0 Å². The Morgan fingerprint density at radius 2 is 1.93 bits per heavy atom. The molecule has 5 heterocycles. The minimum Gasteiger partial charge on any atom is -0.384 e. The number of fused-ring (bicyclic) bond motifs is 1. The second-order valence-electron chi connectivity index (χ2n) is 11.6. The van der Waals surface area contributed by atoms with Crippen LogP contribution in [0.2, 0.25) is 0 Å². The van der Waals surface area contributed by atoms with Crippen LogP contribution in [0.15, 0.2) is 37.1 Å². The largest absolute Gasteiger partial charge is 0.451 e. The van der Waals surface area contributed by atoms with Gasteiger partial charge in [-0.15, -0.1) is 0 Å². The van der Waals surface area contributed by atoms with Gasteiger partial charge in [-0.3, -0.25) is 14.4 Å². The molecule has 4 aromatic rings. The summed E-state index contributed by atoms with van der Waals surface area (Å²) in [5, 5.41) is 25.4. The SMILES string of the molecule is CC(C)(O)c1cc(C(=O)N2CCN(C3CC(CC#N)(n4cc(-c5ncnc6[nH]ccc56)cn4)C3)CC2)nc(C(F)(F)F)n1. The first kappa shape index (κ1) is 28.7. The number of alkyl halides is 3. The number of carbonyl (C=O) groups excluding carboxylic acids is 1. The van der Waals surface area contributed by atoms with E-state index in [1.54, 1.807) is 12.4 Å². The summed E-state index contributed by atoms with van der Waals surface area (Å²) in [6, 6.07) is 5.49. The van der Waals surface area contributed by atoms with Crippen LogP contribution >= 0.6 is 0 Å². The van der Waals surface area contributed by atoms with E-state index in [1.807, 2.05) is 16.9 Å². The smallest absolute Gasteiger partial charge is 0.384 e. The zero-order valence-electron chi connectivity index (χ0n) is 23.5. The highest BCUT2D eigenvalue weighted by molar-refractivity contribution is 5.92. The van der Waals surface area contributed by atoms with Gasteiger partial charge >= 0.3 is 6.18 Å². The number of halogens is 3. The number of carbonyl (C=O) groups is 1. The summed E-state index contributed by atoms with van der Waals surface area (Å²) < 4.78 is 42.2. The fourth-order valence-electron chi connectivity index (χ4n) is 5.89. The molecule has 1 saturated carbocycles. The molecule has 43 heavy (non-hydrogen) atoms. The maximum absolute atomic E-state index is 13.4. The van der Waals surface area contributed by atoms with E-state index in [2.05, 4.69) is 41.0 Å². The Morgan fingerprint density at radius 3 is 2.60 bits per heavy atom. The standard InChI is InChI=1S/C28H29F3N10O2/c1-26(2,43)21-11-20(37-25(38-21)28(29,30)31)24(42)40-9-7-39(8-10-40)18-12-27(13-18,4-5-32)41-15-17(14-36-41)22-19-3-6-33-23(19)35-16-34-22/h3,6,11,14-16,18,43H,4,7-10,12-13H2,1-2H3,(H,33,34,35). The highest BCUT2D eigenvalue weighted by atomic mass is 19.4. The van der Waals surface area contributed by atoms with Gasteiger partial charge < -0.3 is 15.0 Å². The molecule has 0 aromatic carbocycles. The average Bonchev–Trinajstić information content (AvgIpc) is 3.64. The molecule has 2 aliphatic rings. The first-order valence-electron chi connectivity index (χ1n) is 13.8. The van der Waals surface area contributed by atoms with Crippen LogP contribution in [0.25, 0.3) is 22.3 Å². The number of nitriles is 1. The van der Waals surface area contributed by atoms with Crippen molar-refractivity contribution in [3.63, 3.8) is 0 Å². The Hall–Kier alpha value is -4.42. The Bertz CT molecular complexity index is 1670. The molecule has 2 N–H and O–H groups in total. The Kier molecular flexibility index (Phi) is 6.93. The van der Waals surface area contributed by atoms with Crippen molar-refractivity contribution in [1.29, 1.82) is 5.26 Å². The van der Waals surface area contributed by atoms with Gasteiger partial charge in [-0.1, -0.05) is 0 Å². The van der Waals surface area contributed by atoms with Crippen LogP contribution in [-0.2, 0) is 17.3 Å². The molecule has 0 spiro atoms. The first-order valence-corrected chi connectivity index (χ1v) is 13.8. The van der Waals surface area contributed by atoms with Gasteiger partial charge in [-0.25, -0.2) is 19.9 Å². The van der Waals surface area contributed by atoms with Crippen LogP contribution in [0.5, 0.6) is 0 Å². The van der Waals surface area contributed by atoms with E-state index in [1.165, 1.54) is 25.1 Å². The van der Waals surface area contributed by atoms with Gasteiger partial charge in [-0.2, -0.15) is 23.5 Å². The van der Waals surface area contributed by atoms with E-state index >= 15 is 0 Å². The second kappa shape index (κ2) is 10.4. The summed E-state index contributed by atoms with van der Waals surface area (Å²) in [5.41, 5.74) is -0.539. The molecule has 0 atom stereocenters. The normalized spacial score (nSPS) is 21.5. The lowest BCUT2D eigenvalue weighted by Gasteiger charge is -2.52. The number of rotatable bonds is 6. The summed E-state index contributed by atoms with van der Waals surface area (Å²) >= 11 is 0. The quantitative estimate of drug-likeness (QED) is 0.343. The van der Waals surface area contributed by atoms with Crippen molar-refractivity contribution in [2.24, 2.45) is 0 Å². The molecule has 1 aliphatic carbocycles. The molecule has 6 rings (SSSR count). The molecule has 0 unspecified atom stereocenters. The fraction of sp³-hybridized carbons (Fsp3) is 0.464. The number of nitrogens with zero attached hydrogens (tertiary/aromatic N) is 9. The molecule has 15 heteroatoms. The summed E-state index contributed by atoms with van der Waals surface area (Å²) in [6.07, 6.45) is 3.74.